The lowest BCUT2D eigenvalue weighted by Crippen LogP contribution is -2.42. The summed E-state index contributed by atoms with van der Waals surface area (Å²) in [5.41, 5.74) is 1.46. The van der Waals surface area contributed by atoms with Crippen LogP contribution in [0.3, 0.4) is 0 Å². The van der Waals surface area contributed by atoms with Crippen molar-refractivity contribution in [2.24, 2.45) is 0 Å². The Labute approximate surface area is 193 Å². The zero-order valence-corrected chi connectivity index (χ0v) is 18.7. The van der Waals surface area contributed by atoms with Gasteiger partial charge in [0, 0.05) is 16.6 Å². The highest BCUT2D eigenvalue weighted by molar-refractivity contribution is 7.09. The van der Waals surface area contributed by atoms with Gasteiger partial charge in [0.1, 0.15) is 12.1 Å². The van der Waals surface area contributed by atoms with Gasteiger partial charge in [0.25, 0.3) is 5.91 Å². The summed E-state index contributed by atoms with van der Waals surface area (Å²) in [4.78, 5) is 43.8. The average molecular weight is 465 g/mol. The summed E-state index contributed by atoms with van der Waals surface area (Å²) in [6.45, 7) is 3.22. The van der Waals surface area contributed by atoms with Crippen LogP contribution < -0.4 is 20.1 Å². The minimum atomic E-state index is -1.32. The standard InChI is InChI=1S/C23H20N4O5S/c1-13-24-17(11-33-13)14-4-3-5-16(8-14)25-20(28)10-27-21(29)23(2,26-22(27)30)15-6-7-18-19(9-15)32-12-31-18/h3-9,11H,10,12H2,1-2H3,(H,25,28)(H,26,30). The monoisotopic (exact) mass is 464 g/mol. The van der Waals surface area contributed by atoms with Crippen LogP contribution >= 0.6 is 11.3 Å². The maximum atomic E-state index is 13.2. The molecule has 10 heteroatoms. The van der Waals surface area contributed by atoms with Crippen molar-refractivity contribution in [3.8, 4) is 22.8 Å². The number of nitrogens with zero attached hydrogens (tertiary/aromatic N) is 2. The largest absolute Gasteiger partial charge is 0.454 e. The molecule has 2 N–H and O–H groups in total. The summed E-state index contributed by atoms with van der Waals surface area (Å²) in [5, 5.41) is 8.34. The quantitative estimate of drug-likeness (QED) is 0.561. The van der Waals surface area contributed by atoms with Crippen molar-refractivity contribution >= 4 is 34.9 Å². The molecule has 33 heavy (non-hydrogen) atoms. The molecule has 2 aromatic carbocycles. The minimum Gasteiger partial charge on any atom is -0.454 e. The number of hydrogen-bond acceptors (Lipinski definition) is 7. The number of amides is 4. The molecule has 1 atom stereocenters. The lowest BCUT2D eigenvalue weighted by atomic mass is 9.91. The van der Waals surface area contributed by atoms with Crippen molar-refractivity contribution in [1.82, 2.24) is 15.2 Å². The predicted molar refractivity (Wildman–Crippen MR) is 121 cm³/mol. The van der Waals surface area contributed by atoms with E-state index in [1.807, 2.05) is 24.4 Å². The molecule has 5 rings (SSSR count). The molecule has 4 amide bonds. The van der Waals surface area contributed by atoms with Crippen molar-refractivity contribution in [2.45, 2.75) is 19.4 Å². The SMILES string of the molecule is Cc1nc(-c2cccc(NC(=O)CN3C(=O)NC(C)(c4ccc5c(c4)OCO5)C3=O)c2)cs1. The van der Waals surface area contributed by atoms with Gasteiger partial charge in [0.05, 0.1) is 10.7 Å². The molecule has 0 radical (unpaired) electrons. The van der Waals surface area contributed by atoms with Crippen LogP contribution in [0.2, 0.25) is 0 Å². The molecular weight excluding hydrogens is 444 g/mol. The molecule has 2 aliphatic rings. The second-order valence-corrected chi connectivity index (χ2v) is 8.96. The predicted octanol–water partition coefficient (Wildman–Crippen LogP) is 3.25. The summed E-state index contributed by atoms with van der Waals surface area (Å²) >= 11 is 1.54. The highest BCUT2D eigenvalue weighted by atomic mass is 32.1. The summed E-state index contributed by atoms with van der Waals surface area (Å²) in [6, 6.07) is 11.7. The Kier molecular flexibility index (Phi) is 5.01. The van der Waals surface area contributed by atoms with E-state index in [0.717, 1.165) is 21.2 Å². The highest BCUT2D eigenvalue weighted by Crippen LogP contribution is 2.37. The summed E-state index contributed by atoms with van der Waals surface area (Å²) in [7, 11) is 0. The van der Waals surface area contributed by atoms with E-state index in [4.69, 9.17) is 9.47 Å². The fraction of sp³-hybridized carbons (Fsp3) is 0.217. The van der Waals surface area contributed by atoms with Crippen molar-refractivity contribution < 1.29 is 23.9 Å². The third-order valence-corrected chi connectivity index (χ3v) is 6.36. The Bertz CT molecular complexity index is 1290. The minimum absolute atomic E-state index is 0.103. The third kappa shape index (κ3) is 3.78. The Hall–Kier alpha value is -3.92. The van der Waals surface area contributed by atoms with Crippen molar-refractivity contribution in [2.75, 3.05) is 18.7 Å². The van der Waals surface area contributed by atoms with Gasteiger partial charge in [-0.25, -0.2) is 9.78 Å². The molecule has 0 aliphatic carbocycles. The fourth-order valence-electron chi connectivity index (χ4n) is 3.84. The first kappa shape index (κ1) is 21.0. The molecule has 168 valence electrons. The molecular formula is C23H20N4O5S. The summed E-state index contributed by atoms with van der Waals surface area (Å²) in [5.74, 6) is 0.0702. The van der Waals surface area contributed by atoms with Gasteiger partial charge in [-0.2, -0.15) is 0 Å². The number of benzene rings is 2. The van der Waals surface area contributed by atoms with Gasteiger partial charge in [-0.3, -0.25) is 14.5 Å². The normalized spacial score (nSPS) is 19.0. The number of ether oxygens (including phenoxy) is 2. The number of carbonyl (C=O) groups excluding carboxylic acids is 3. The topological polar surface area (TPSA) is 110 Å². The van der Waals surface area contributed by atoms with E-state index < -0.39 is 29.9 Å². The number of nitrogens with one attached hydrogen (secondary N) is 2. The van der Waals surface area contributed by atoms with E-state index in [0.29, 0.717) is 22.7 Å². The Balaban J connectivity index is 1.30. The first-order chi connectivity index (χ1) is 15.8. The molecule has 1 saturated heterocycles. The van der Waals surface area contributed by atoms with E-state index in [1.54, 1.807) is 48.6 Å². The van der Waals surface area contributed by atoms with E-state index >= 15 is 0 Å². The van der Waals surface area contributed by atoms with Crippen LogP contribution in [0.15, 0.2) is 47.8 Å². The number of aryl methyl sites for hydroxylation is 1. The van der Waals surface area contributed by atoms with Crippen molar-refractivity contribution in [3.05, 3.63) is 58.4 Å². The molecule has 0 saturated carbocycles. The zero-order chi connectivity index (χ0) is 23.2. The van der Waals surface area contributed by atoms with Crippen LogP contribution in [0.4, 0.5) is 10.5 Å². The van der Waals surface area contributed by atoms with E-state index in [-0.39, 0.29) is 6.79 Å². The number of urea groups is 1. The number of aromatic nitrogens is 1. The van der Waals surface area contributed by atoms with Gasteiger partial charge in [-0.05, 0) is 43.7 Å². The Morgan fingerprint density at radius 2 is 2.03 bits per heavy atom. The van der Waals surface area contributed by atoms with Crippen molar-refractivity contribution in [3.63, 3.8) is 0 Å². The molecule has 1 aromatic heterocycles. The van der Waals surface area contributed by atoms with Crippen LogP contribution in [0.1, 0.15) is 17.5 Å². The van der Waals surface area contributed by atoms with Gasteiger partial charge in [-0.15, -0.1) is 11.3 Å². The second-order valence-electron chi connectivity index (χ2n) is 7.90. The summed E-state index contributed by atoms with van der Waals surface area (Å²) < 4.78 is 10.7. The van der Waals surface area contributed by atoms with Crippen LogP contribution in [0.5, 0.6) is 11.5 Å². The molecule has 0 spiro atoms. The number of thiazole rings is 1. The smallest absolute Gasteiger partial charge is 0.325 e. The first-order valence-electron chi connectivity index (χ1n) is 10.2. The number of rotatable bonds is 5. The maximum absolute atomic E-state index is 13.2. The van der Waals surface area contributed by atoms with E-state index in [9.17, 15) is 14.4 Å². The lowest BCUT2D eigenvalue weighted by molar-refractivity contribution is -0.133. The zero-order valence-electron chi connectivity index (χ0n) is 17.9. The van der Waals surface area contributed by atoms with Crippen LogP contribution in [0, 0.1) is 6.92 Å². The highest BCUT2D eigenvalue weighted by Gasteiger charge is 2.49. The number of anilines is 1. The maximum Gasteiger partial charge on any atom is 0.325 e. The Morgan fingerprint density at radius 3 is 2.82 bits per heavy atom. The average Bonchev–Trinajstić information content (AvgIpc) is 3.49. The molecule has 1 unspecified atom stereocenters. The molecule has 3 heterocycles. The second kappa shape index (κ2) is 7.89. The molecule has 1 fully saturated rings. The summed E-state index contributed by atoms with van der Waals surface area (Å²) in [6.07, 6.45) is 0. The lowest BCUT2D eigenvalue weighted by Gasteiger charge is -2.22. The van der Waals surface area contributed by atoms with E-state index in [1.165, 1.54) is 0 Å². The van der Waals surface area contributed by atoms with Gasteiger partial charge >= 0.3 is 6.03 Å². The van der Waals surface area contributed by atoms with Gasteiger partial charge in [-0.1, -0.05) is 18.2 Å². The van der Waals surface area contributed by atoms with Gasteiger partial charge < -0.3 is 20.1 Å². The van der Waals surface area contributed by atoms with Crippen LogP contribution in [-0.2, 0) is 15.1 Å². The number of carbonyl (C=O) groups is 3. The number of imide groups is 1. The molecule has 9 nitrogen and oxygen atoms in total. The molecule has 3 aromatic rings. The molecule has 2 aliphatic heterocycles. The number of fused-ring (bicyclic) bond motifs is 1. The van der Waals surface area contributed by atoms with Crippen molar-refractivity contribution in [1.29, 1.82) is 0 Å². The third-order valence-electron chi connectivity index (χ3n) is 5.59. The first-order valence-corrected chi connectivity index (χ1v) is 11.1. The molecule has 0 bridgehead atoms. The van der Waals surface area contributed by atoms with Gasteiger partial charge in [0.15, 0.2) is 11.5 Å². The van der Waals surface area contributed by atoms with Crippen LogP contribution in [0.25, 0.3) is 11.3 Å². The van der Waals surface area contributed by atoms with Gasteiger partial charge in [0.2, 0.25) is 12.7 Å². The van der Waals surface area contributed by atoms with Crippen LogP contribution in [-0.4, -0.2) is 41.1 Å². The number of hydrogen-bond donors (Lipinski definition) is 2. The van der Waals surface area contributed by atoms with E-state index in [2.05, 4.69) is 15.6 Å². The fourth-order valence-corrected chi connectivity index (χ4v) is 4.46. The Morgan fingerprint density at radius 1 is 1.21 bits per heavy atom.